The Morgan fingerprint density at radius 1 is 1.60 bits per heavy atom. The number of ether oxygens (including phenoxy) is 1. The third kappa shape index (κ3) is 7.34. The molecule has 1 heterocycles. The first-order valence-electron chi connectivity index (χ1n) is 6.00. The van der Waals surface area contributed by atoms with Gasteiger partial charge in [-0.05, 0) is 19.1 Å². The number of hydrogen-bond acceptors (Lipinski definition) is 4. The van der Waals surface area contributed by atoms with Gasteiger partial charge >= 0.3 is 0 Å². The Balaban J connectivity index is 0.00000361. The number of guanidine groups is 1. The number of halogens is 1. The highest BCUT2D eigenvalue weighted by molar-refractivity contribution is 14.0. The molecule has 0 saturated heterocycles. The molecule has 20 heavy (non-hydrogen) atoms. The van der Waals surface area contributed by atoms with Crippen molar-refractivity contribution in [1.29, 1.82) is 0 Å². The first-order valence-corrected chi connectivity index (χ1v) is 6.00. The number of aliphatic imine (C=N–C) groups is 1. The van der Waals surface area contributed by atoms with Crippen LogP contribution in [0.25, 0.3) is 0 Å². The van der Waals surface area contributed by atoms with Gasteiger partial charge in [0.15, 0.2) is 11.7 Å². The van der Waals surface area contributed by atoms with Crippen molar-refractivity contribution in [3.8, 4) is 0 Å². The molecule has 4 N–H and O–H groups in total. The van der Waals surface area contributed by atoms with Crippen LogP contribution in [0, 0.1) is 0 Å². The maximum absolute atomic E-state index is 11.5. The van der Waals surface area contributed by atoms with E-state index in [-0.39, 0.29) is 41.7 Å². The van der Waals surface area contributed by atoms with E-state index in [2.05, 4.69) is 15.6 Å². The van der Waals surface area contributed by atoms with Crippen LogP contribution in [0.3, 0.4) is 0 Å². The van der Waals surface area contributed by atoms with E-state index in [1.807, 2.05) is 6.92 Å². The second-order valence-electron chi connectivity index (χ2n) is 4.00. The van der Waals surface area contributed by atoms with Gasteiger partial charge in [-0.25, -0.2) is 0 Å². The third-order valence-corrected chi connectivity index (χ3v) is 2.24. The molecule has 1 aromatic heterocycles. The number of nitrogens with zero attached hydrogens (tertiary/aromatic N) is 1. The summed E-state index contributed by atoms with van der Waals surface area (Å²) in [5, 5.41) is 5.64. The maximum Gasteiger partial charge on any atom is 0.287 e. The van der Waals surface area contributed by atoms with E-state index >= 15 is 0 Å². The lowest BCUT2D eigenvalue weighted by Gasteiger charge is -2.13. The quantitative estimate of drug-likeness (QED) is 0.271. The molecule has 1 rings (SSSR count). The van der Waals surface area contributed by atoms with Gasteiger partial charge in [-0.3, -0.25) is 9.79 Å². The van der Waals surface area contributed by atoms with Crippen LogP contribution in [0.1, 0.15) is 17.5 Å². The SMILES string of the molecule is COCC(C)NC(N)=NCCNC(=O)c1ccco1.I. The van der Waals surface area contributed by atoms with Gasteiger partial charge in [0.25, 0.3) is 5.91 Å². The fourth-order valence-corrected chi connectivity index (χ4v) is 1.43. The minimum atomic E-state index is -0.264. The van der Waals surface area contributed by atoms with Crippen molar-refractivity contribution >= 4 is 35.8 Å². The maximum atomic E-state index is 11.5. The van der Waals surface area contributed by atoms with Gasteiger partial charge < -0.3 is 25.5 Å². The summed E-state index contributed by atoms with van der Waals surface area (Å²) in [6.07, 6.45) is 1.45. The van der Waals surface area contributed by atoms with E-state index in [0.717, 1.165) is 0 Å². The largest absolute Gasteiger partial charge is 0.459 e. The molecule has 114 valence electrons. The van der Waals surface area contributed by atoms with Gasteiger partial charge in [0.1, 0.15) is 0 Å². The lowest BCUT2D eigenvalue weighted by Crippen LogP contribution is -2.41. The summed E-state index contributed by atoms with van der Waals surface area (Å²) in [4.78, 5) is 15.6. The van der Waals surface area contributed by atoms with E-state index in [1.165, 1.54) is 6.26 Å². The second kappa shape index (κ2) is 10.5. The van der Waals surface area contributed by atoms with Crippen LogP contribution in [0.4, 0.5) is 0 Å². The number of furan rings is 1. The van der Waals surface area contributed by atoms with Gasteiger partial charge in [-0.15, -0.1) is 24.0 Å². The van der Waals surface area contributed by atoms with Gasteiger partial charge in [-0.1, -0.05) is 0 Å². The smallest absolute Gasteiger partial charge is 0.287 e. The number of methoxy groups -OCH3 is 1. The zero-order chi connectivity index (χ0) is 14.1. The standard InChI is InChI=1S/C12H20N4O3.HI/c1-9(8-18-2)16-12(13)15-6-5-14-11(17)10-4-3-7-19-10;/h3-4,7,9H,5-6,8H2,1-2H3,(H,14,17)(H3,13,15,16);1H. The zero-order valence-electron chi connectivity index (χ0n) is 11.6. The number of amides is 1. The lowest BCUT2D eigenvalue weighted by atomic mass is 10.4. The molecule has 1 aromatic rings. The summed E-state index contributed by atoms with van der Waals surface area (Å²) in [7, 11) is 1.62. The lowest BCUT2D eigenvalue weighted by molar-refractivity contribution is 0.0927. The number of rotatable bonds is 7. The Bertz CT molecular complexity index is 409. The first kappa shape index (κ1) is 18.7. The van der Waals surface area contributed by atoms with Crippen LogP contribution in [-0.4, -0.2) is 44.7 Å². The molecule has 0 aliphatic rings. The van der Waals surface area contributed by atoms with Crippen LogP contribution < -0.4 is 16.4 Å². The van der Waals surface area contributed by atoms with Crippen molar-refractivity contribution in [1.82, 2.24) is 10.6 Å². The summed E-state index contributed by atoms with van der Waals surface area (Å²) in [5.74, 6) is 0.347. The molecule has 0 saturated carbocycles. The fourth-order valence-electron chi connectivity index (χ4n) is 1.43. The van der Waals surface area contributed by atoms with Crippen molar-refractivity contribution < 1.29 is 13.9 Å². The van der Waals surface area contributed by atoms with E-state index in [0.29, 0.717) is 25.7 Å². The average molecular weight is 396 g/mol. The highest BCUT2D eigenvalue weighted by atomic mass is 127. The second-order valence-corrected chi connectivity index (χ2v) is 4.00. The number of carbonyl (C=O) groups excluding carboxylic acids is 1. The summed E-state index contributed by atoms with van der Waals surface area (Å²) in [6, 6.07) is 3.35. The van der Waals surface area contributed by atoms with Gasteiger partial charge in [0, 0.05) is 19.7 Å². The molecule has 0 aromatic carbocycles. The molecule has 1 amide bonds. The molecule has 0 fully saturated rings. The van der Waals surface area contributed by atoms with Crippen molar-refractivity contribution in [2.24, 2.45) is 10.7 Å². The normalized spacial score (nSPS) is 12.4. The number of carbonyl (C=O) groups is 1. The zero-order valence-corrected chi connectivity index (χ0v) is 13.9. The highest BCUT2D eigenvalue weighted by Gasteiger charge is 2.06. The van der Waals surface area contributed by atoms with Crippen LogP contribution in [0.15, 0.2) is 27.8 Å². The summed E-state index contributed by atoms with van der Waals surface area (Å²) < 4.78 is 9.92. The molecular formula is C12H21IN4O3. The fraction of sp³-hybridized carbons (Fsp3) is 0.500. The molecule has 0 spiro atoms. The number of hydrogen-bond donors (Lipinski definition) is 3. The van der Waals surface area contributed by atoms with Gasteiger partial charge in [-0.2, -0.15) is 0 Å². The molecule has 0 bridgehead atoms. The van der Waals surface area contributed by atoms with E-state index in [9.17, 15) is 4.79 Å². The predicted molar refractivity (Wildman–Crippen MR) is 87.4 cm³/mol. The van der Waals surface area contributed by atoms with E-state index in [1.54, 1.807) is 19.2 Å². The molecule has 0 radical (unpaired) electrons. The number of nitrogens with one attached hydrogen (secondary N) is 2. The Hall–Kier alpha value is -1.29. The Labute approximate surface area is 135 Å². The molecule has 1 unspecified atom stereocenters. The van der Waals surface area contributed by atoms with Crippen LogP contribution in [-0.2, 0) is 4.74 Å². The van der Waals surface area contributed by atoms with Crippen LogP contribution >= 0.6 is 24.0 Å². The summed E-state index contributed by atoms with van der Waals surface area (Å²) in [5.41, 5.74) is 5.67. The van der Waals surface area contributed by atoms with Gasteiger partial charge in [0.05, 0.1) is 19.4 Å². The van der Waals surface area contributed by atoms with E-state index in [4.69, 9.17) is 14.9 Å². The topological polar surface area (TPSA) is 102 Å². The van der Waals surface area contributed by atoms with Crippen molar-refractivity contribution in [2.75, 3.05) is 26.8 Å². The molecule has 1 atom stereocenters. The average Bonchev–Trinajstić information content (AvgIpc) is 2.88. The molecule has 8 heteroatoms. The summed E-state index contributed by atoms with van der Waals surface area (Å²) >= 11 is 0. The molecular weight excluding hydrogens is 375 g/mol. The van der Waals surface area contributed by atoms with Crippen molar-refractivity contribution in [3.05, 3.63) is 24.2 Å². The van der Waals surface area contributed by atoms with Crippen LogP contribution in [0.2, 0.25) is 0 Å². The molecule has 7 nitrogen and oxygen atoms in total. The molecule has 0 aliphatic heterocycles. The Morgan fingerprint density at radius 2 is 2.35 bits per heavy atom. The van der Waals surface area contributed by atoms with Crippen molar-refractivity contribution in [2.45, 2.75) is 13.0 Å². The van der Waals surface area contributed by atoms with Crippen LogP contribution in [0.5, 0.6) is 0 Å². The monoisotopic (exact) mass is 396 g/mol. The van der Waals surface area contributed by atoms with Crippen molar-refractivity contribution in [3.63, 3.8) is 0 Å². The first-order chi connectivity index (χ1) is 9.13. The number of nitrogens with two attached hydrogens (primary N) is 1. The Morgan fingerprint density at radius 3 is 2.95 bits per heavy atom. The minimum absolute atomic E-state index is 0. The predicted octanol–water partition coefficient (Wildman–Crippen LogP) is 0.567. The summed E-state index contributed by atoms with van der Waals surface area (Å²) in [6.45, 7) is 3.27. The third-order valence-electron chi connectivity index (χ3n) is 2.24. The molecule has 0 aliphatic carbocycles. The van der Waals surface area contributed by atoms with Gasteiger partial charge in [0.2, 0.25) is 0 Å². The van der Waals surface area contributed by atoms with E-state index < -0.39 is 0 Å². The minimum Gasteiger partial charge on any atom is -0.459 e. The highest BCUT2D eigenvalue weighted by Crippen LogP contribution is 1.98. The Kier molecular flexibility index (Phi) is 9.82.